The molecule has 1 saturated heterocycles. The van der Waals surface area contributed by atoms with Crippen molar-refractivity contribution in [2.24, 2.45) is 0 Å². The zero-order chi connectivity index (χ0) is 13.7. The molecule has 1 fully saturated rings. The van der Waals surface area contributed by atoms with Crippen molar-refractivity contribution in [3.8, 4) is 0 Å². The Morgan fingerprint density at radius 1 is 1.63 bits per heavy atom. The van der Waals surface area contributed by atoms with E-state index in [4.69, 9.17) is 4.74 Å². The summed E-state index contributed by atoms with van der Waals surface area (Å²) in [5, 5.41) is 7.61. The van der Waals surface area contributed by atoms with E-state index in [9.17, 15) is 4.79 Å². The molecule has 1 atom stereocenters. The van der Waals surface area contributed by atoms with Gasteiger partial charge in [0.2, 0.25) is 0 Å². The normalized spacial score (nSPS) is 19.4. The maximum Gasteiger partial charge on any atom is 0.269 e. The highest BCUT2D eigenvalue weighted by Gasteiger charge is 2.17. The van der Waals surface area contributed by atoms with Gasteiger partial charge in [-0.2, -0.15) is 5.10 Å². The number of nitrogens with zero attached hydrogens (tertiary/aromatic N) is 3. The summed E-state index contributed by atoms with van der Waals surface area (Å²) in [5.41, 5.74) is 0.803. The molecule has 6 heteroatoms. The van der Waals surface area contributed by atoms with Gasteiger partial charge in [0.05, 0.1) is 24.5 Å². The van der Waals surface area contributed by atoms with Crippen molar-refractivity contribution in [2.75, 3.05) is 45.3 Å². The summed E-state index contributed by atoms with van der Waals surface area (Å²) in [6.45, 7) is 3.23. The lowest BCUT2D eigenvalue weighted by molar-refractivity contribution is 0.206. The molecule has 6 nitrogen and oxygen atoms in total. The number of aromatic nitrogens is 2. The SMILES string of the molecule is COCCN(C)c1cnn(C2CCCNC2)c(=O)c1. The Morgan fingerprint density at radius 3 is 3.11 bits per heavy atom. The van der Waals surface area contributed by atoms with Crippen molar-refractivity contribution in [3.05, 3.63) is 22.6 Å². The Labute approximate surface area is 113 Å². The minimum atomic E-state index is -0.0320. The average Bonchev–Trinajstić information content (AvgIpc) is 2.45. The molecule has 0 spiro atoms. The van der Waals surface area contributed by atoms with Crippen LogP contribution in [-0.4, -0.2) is 50.2 Å². The predicted molar refractivity (Wildman–Crippen MR) is 74.8 cm³/mol. The standard InChI is InChI=1S/C13H22N4O2/c1-16(6-7-19-2)12-8-13(18)17(15-10-12)11-4-3-5-14-9-11/h8,10-11,14H,3-7,9H2,1-2H3. The van der Waals surface area contributed by atoms with Crippen molar-refractivity contribution >= 4 is 5.69 Å². The molecule has 1 aliphatic rings. The van der Waals surface area contributed by atoms with E-state index in [1.807, 2.05) is 11.9 Å². The second kappa shape index (κ2) is 6.68. The first kappa shape index (κ1) is 14.0. The molecular formula is C13H22N4O2. The lowest BCUT2D eigenvalue weighted by atomic mass is 10.1. The van der Waals surface area contributed by atoms with Crippen LogP contribution in [0.5, 0.6) is 0 Å². The van der Waals surface area contributed by atoms with Crippen LogP contribution in [0.2, 0.25) is 0 Å². The number of rotatable bonds is 5. The van der Waals surface area contributed by atoms with Gasteiger partial charge in [0, 0.05) is 33.3 Å². The van der Waals surface area contributed by atoms with E-state index in [0.717, 1.165) is 38.2 Å². The monoisotopic (exact) mass is 266 g/mol. The lowest BCUT2D eigenvalue weighted by Gasteiger charge is -2.24. The molecule has 0 radical (unpaired) electrons. The van der Waals surface area contributed by atoms with Crippen molar-refractivity contribution in [3.63, 3.8) is 0 Å². The summed E-state index contributed by atoms with van der Waals surface area (Å²) in [5.74, 6) is 0. The molecule has 0 saturated carbocycles. The summed E-state index contributed by atoms with van der Waals surface area (Å²) in [4.78, 5) is 14.1. The number of likely N-dealkylation sites (N-methyl/N-ethyl adjacent to an activating group) is 1. The van der Waals surface area contributed by atoms with Crippen molar-refractivity contribution < 1.29 is 4.74 Å². The fourth-order valence-corrected chi connectivity index (χ4v) is 2.29. The molecule has 2 heterocycles. The largest absolute Gasteiger partial charge is 0.383 e. The van der Waals surface area contributed by atoms with E-state index in [-0.39, 0.29) is 11.6 Å². The maximum atomic E-state index is 12.1. The number of hydrogen-bond acceptors (Lipinski definition) is 5. The van der Waals surface area contributed by atoms with Crippen LogP contribution in [0.4, 0.5) is 5.69 Å². The molecule has 0 bridgehead atoms. The Kier molecular flexibility index (Phi) is 4.93. The van der Waals surface area contributed by atoms with Gasteiger partial charge in [-0.15, -0.1) is 0 Å². The third kappa shape index (κ3) is 3.54. The third-order valence-electron chi connectivity index (χ3n) is 3.50. The smallest absolute Gasteiger partial charge is 0.269 e. The molecular weight excluding hydrogens is 244 g/mol. The summed E-state index contributed by atoms with van der Waals surface area (Å²) < 4.78 is 6.63. The quantitative estimate of drug-likeness (QED) is 0.828. The van der Waals surface area contributed by atoms with Crippen LogP contribution < -0.4 is 15.8 Å². The van der Waals surface area contributed by atoms with Crippen LogP contribution in [-0.2, 0) is 4.74 Å². The minimum Gasteiger partial charge on any atom is -0.383 e. The van der Waals surface area contributed by atoms with Gasteiger partial charge < -0.3 is 15.0 Å². The molecule has 19 heavy (non-hydrogen) atoms. The van der Waals surface area contributed by atoms with Gasteiger partial charge in [0.15, 0.2) is 0 Å². The molecule has 0 aliphatic carbocycles. The van der Waals surface area contributed by atoms with Gasteiger partial charge in [-0.1, -0.05) is 0 Å². The van der Waals surface area contributed by atoms with E-state index in [1.54, 1.807) is 24.1 Å². The van der Waals surface area contributed by atoms with Crippen molar-refractivity contribution in [1.82, 2.24) is 15.1 Å². The van der Waals surface area contributed by atoms with Crippen molar-refractivity contribution in [1.29, 1.82) is 0 Å². The molecule has 1 aromatic heterocycles. The van der Waals surface area contributed by atoms with Crippen LogP contribution >= 0.6 is 0 Å². The molecule has 1 aliphatic heterocycles. The summed E-state index contributed by atoms with van der Waals surface area (Å²) >= 11 is 0. The fourth-order valence-electron chi connectivity index (χ4n) is 2.29. The number of ether oxygens (including phenoxy) is 1. The van der Waals surface area contributed by atoms with E-state index >= 15 is 0 Å². The molecule has 1 aromatic rings. The highest BCUT2D eigenvalue weighted by Crippen LogP contribution is 2.14. The molecule has 1 unspecified atom stereocenters. The average molecular weight is 266 g/mol. The van der Waals surface area contributed by atoms with E-state index < -0.39 is 0 Å². The predicted octanol–water partition coefficient (Wildman–Crippen LogP) is 0.250. The third-order valence-corrected chi connectivity index (χ3v) is 3.50. The van der Waals surface area contributed by atoms with Gasteiger partial charge in [-0.25, -0.2) is 4.68 Å². The Balaban J connectivity index is 2.10. The van der Waals surface area contributed by atoms with E-state index in [1.165, 1.54) is 0 Å². The van der Waals surface area contributed by atoms with E-state index in [0.29, 0.717) is 6.61 Å². The van der Waals surface area contributed by atoms with Gasteiger partial charge in [0.1, 0.15) is 0 Å². The molecule has 2 rings (SSSR count). The van der Waals surface area contributed by atoms with Gasteiger partial charge in [0.25, 0.3) is 5.56 Å². The number of hydrogen-bond donors (Lipinski definition) is 1. The Hall–Kier alpha value is -1.40. The minimum absolute atomic E-state index is 0.0320. The Morgan fingerprint density at radius 2 is 2.47 bits per heavy atom. The zero-order valence-corrected chi connectivity index (χ0v) is 11.6. The number of nitrogens with one attached hydrogen (secondary N) is 1. The topological polar surface area (TPSA) is 59.4 Å². The summed E-state index contributed by atoms with van der Waals surface area (Å²) in [7, 11) is 3.60. The van der Waals surface area contributed by atoms with Crippen LogP contribution in [0, 0.1) is 0 Å². The molecule has 106 valence electrons. The van der Waals surface area contributed by atoms with Gasteiger partial charge in [-0.05, 0) is 19.4 Å². The van der Waals surface area contributed by atoms with Gasteiger partial charge >= 0.3 is 0 Å². The fraction of sp³-hybridized carbons (Fsp3) is 0.692. The second-order valence-corrected chi connectivity index (χ2v) is 4.91. The van der Waals surface area contributed by atoms with Crippen LogP contribution in [0.25, 0.3) is 0 Å². The van der Waals surface area contributed by atoms with Gasteiger partial charge in [-0.3, -0.25) is 4.79 Å². The van der Waals surface area contributed by atoms with Crippen LogP contribution in [0.3, 0.4) is 0 Å². The Bertz CT molecular complexity index is 454. The zero-order valence-electron chi connectivity index (χ0n) is 11.6. The summed E-state index contributed by atoms with van der Waals surface area (Å²) in [6, 6.07) is 1.83. The first-order valence-electron chi connectivity index (χ1n) is 6.72. The maximum absolute atomic E-state index is 12.1. The van der Waals surface area contributed by atoms with Crippen molar-refractivity contribution in [2.45, 2.75) is 18.9 Å². The highest BCUT2D eigenvalue weighted by atomic mass is 16.5. The molecule has 0 aromatic carbocycles. The first-order valence-corrected chi connectivity index (χ1v) is 6.72. The summed E-state index contributed by atoms with van der Waals surface area (Å²) in [6.07, 6.45) is 3.86. The lowest BCUT2D eigenvalue weighted by Crippen LogP contribution is -2.38. The van der Waals surface area contributed by atoms with Crippen LogP contribution in [0.15, 0.2) is 17.1 Å². The number of methoxy groups -OCH3 is 1. The highest BCUT2D eigenvalue weighted by molar-refractivity contribution is 5.41. The van der Waals surface area contributed by atoms with E-state index in [2.05, 4.69) is 10.4 Å². The van der Waals surface area contributed by atoms with Crippen LogP contribution in [0.1, 0.15) is 18.9 Å². The first-order chi connectivity index (χ1) is 9.22. The second-order valence-electron chi connectivity index (χ2n) is 4.91. The molecule has 1 N–H and O–H groups in total. The number of piperidine rings is 1. The molecule has 0 amide bonds. The number of anilines is 1.